The minimum atomic E-state index is -0.484. The number of hydrogen-bond donors (Lipinski definition) is 3. The van der Waals surface area contributed by atoms with Crippen LogP contribution in [0.25, 0.3) is 0 Å². The van der Waals surface area contributed by atoms with E-state index in [2.05, 4.69) is 10.6 Å². The van der Waals surface area contributed by atoms with Crippen molar-refractivity contribution in [1.29, 1.82) is 0 Å². The van der Waals surface area contributed by atoms with Crippen molar-refractivity contribution < 1.29 is 9.59 Å². The van der Waals surface area contributed by atoms with Crippen molar-refractivity contribution >= 4 is 29.9 Å². The molecule has 6 heteroatoms. The normalized spacial score (nSPS) is 11.1. The molecule has 0 aliphatic heterocycles. The largest absolute Gasteiger partial charge is 0.354 e. The first-order valence-electron chi connectivity index (χ1n) is 6.51. The van der Waals surface area contributed by atoms with E-state index in [9.17, 15) is 9.59 Å². The van der Waals surface area contributed by atoms with Crippen LogP contribution in [0.1, 0.15) is 26.2 Å². The summed E-state index contributed by atoms with van der Waals surface area (Å²) in [5, 5.41) is 5.41. The maximum atomic E-state index is 11.6. The number of carbonyl (C=O) groups is 2. The van der Waals surface area contributed by atoms with Crippen molar-refractivity contribution in [1.82, 2.24) is 5.32 Å². The molecule has 0 saturated carbocycles. The first kappa shape index (κ1) is 18.4. The highest BCUT2D eigenvalue weighted by molar-refractivity contribution is 5.91. The van der Waals surface area contributed by atoms with E-state index >= 15 is 0 Å². The smallest absolute Gasteiger partial charge is 0.236 e. The fourth-order valence-electron chi connectivity index (χ4n) is 1.62. The Balaban J connectivity index is 0.00000361. The quantitative estimate of drug-likeness (QED) is 0.716. The van der Waals surface area contributed by atoms with Crippen molar-refractivity contribution in [2.45, 2.75) is 32.2 Å². The average Bonchev–Trinajstić information content (AvgIpc) is 2.40. The number of nitrogens with two attached hydrogens (primary N) is 1. The van der Waals surface area contributed by atoms with E-state index in [1.807, 2.05) is 37.3 Å². The summed E-state index contributed by atoms with van der Waals surface area (Å²) in [6, 6.07) is 8.72. The van der Waals surface area contributed by atoms with Gasteiger partial charge in [-0.2, -0.15) is 0 Å². The third-order valence-corrected chi connectivity index (χ3v) is 2.65. The minimum absolute atomic E-state index is 0. The molecule has 0 aliphatic rings. The first-order chi connectivity index (χ1) is 9.13. The molecule has 0 fully saturated rings. The van der Waals surface area contributed by atoms with Crippen LogP contribution in [0.2, 0.25) is 0 Å². The lowest BCUT2D eigenvalue weighted by molar-refractivity contribution is -0.122. The minimum Gasteiger partial charge on any atom is -0.354 e. The maximum Gasteiger partial charge on any atom is 0.236 e. The fourth-order valence-corrected chi connectivity index (χ4v) is 1.62. The van der Waals surface area contributed by atoms with Gasteiger partial charge in [-0.1, -0.05) is 31.5 Å². The second-order valence-corrected chi connectivity index (χ2v) is 4.35. The Bertz CT molecular complexity index is 412. The predicted molar refractivity (Wildman–Crippen MR) is 82.8 cm³/mol. The molecule has 1 unspecified atom stereocenters. The number of benzene rings is 1. The van der Waals surface area contributed by atoms with Gasteiger partial charge < -0.3 is 16.4 Å². The summed E-state index contributed by atoms with van der Waals surface area (Å²) in [6.45, 7) is 2.27. The average molecular weight is 300 g/mol. The lowest BCUT2D eigenvalue weighted by Crippen LogP contribution is -2.41. The summed E-state index contributed by atoms with van der Waals surface area (Å²) >= 11 is 0. The molecule has 0 aromatic heterocycles. The van der Waals surface area contributed by atoms with Crippen LogP contribution in [0.3, 0.4) is 0 Å². The lowest BCUT2D eigenvalue weighted by atomic mass is 10.1. The van der Waals surface area contributed by atoms with Gasteiger partial charge in [-0.25, -0.2) is 0 Å². The van der Waals surface area contributed by atoms with E-state index in [1.165, 1.54) is 0 Å². The van der Waals surface area contributed by atoms with Gasteiger partial charge in [0.15, 0.2) is 0 Å². The van der Waals surface area contributed by atoms with Gasteiger partial charge in [-0.15, -0.1) is 12.4 Å². The van der Waals surface area contributed by atoms with Gasteiger partial charge in [0.1, 0.15) is 0 Å². The van der Waals surface area contributed by atoms with Crippen molar-refractivity contribution in [3.63, 3.8) is 0 Å². The number of rotatable bonds is 7. The first-order valence-corrected chi connectivity index (χ1v) is 6.51. The molecule has 0 spiro atoms. The second-order valence-electron chi connectivity index (χ2n) is 4.35. The lowest BCUT2D eigenvalue weighted by Gasteiger charge is -2.11. The molecule has 4 N–H and O–H groups in total. The van der Waals surface area contributed by atoms with Gasteiger partial charge in [0.05, 0.1) is 6.04 Å². The molecule has 1 atom stereocenters. The Kier molecular flexibility index (Phi) is 9.41. The highest BCUT2D eigenvalue weighted by atomic mass is 35.5. The molecule has 0 bridgehead atoms. The van der Waals surface area contributed by atoms with Crippen LogP contribution < -0.4 is 16.4 Å². The van der Waals surface area contributed by atoms with Gasteiger partial charge >= 0.3 is 0 Å². The van der Waals surface area contributed by atoms with Crippen LogP contribution in [-0.2, 0) is 9.59 Å². The summed E-state index contributed by atoms with van der Waals surface area (Å²) < 4.78 is 0. The molecule has 0 radical (unpaired) electrons. The predicted octanol–water partition coefficient (Wildman–Crippen LogP) is 1.68. The third-order valence-electron chi connectivity index (χ3n) is 2.65. The van der Waals surface area contributed by atoms with E-state index < -0.39 is 6.04 Å². The molecule has 112 valence electrons. The zero-order chi connectivity index (χ0) is 14.1. The number of anilines is 1. The van der Waals surface area contributed by atoms with Gasteiger partial charge in [-0.05, 0) is 18.6 Å². The van der Waals surface area contributed by atoms with E-state index in [0.717, 1.165) is 12.1 Å². The topological polar surface area (TPSA) is 84.2 Å². The van der Waals surface area contributed by atoms with Crippen molar-refractivity contribution in [2.75, 3.05) is 11.9 Å². The van der Waals surface area contributed by atoms with Gasteiger partial charge in [0, 0.05) is 18.7 Å². The van der Waals surface area contributed by atoms with Crippen LogP contribution in [-0.4, -0.2) is 24.4 Å². The highest BCUT2D eigenvalue weighted by Gasteiger charge is 2.11. The van der Waals surface area contributed by atoms with Crippen LogP contribution >= 0.6 is 12.4 Å². The molecule has 20 heavy (non-hydrogen) atoms. The molecule has 0 saturated heterocycles. The van der Waals surface area contributed by atoms with E-state index in [1.54, 1.807) is 0 Å². The molecule has 1 aromatic rings. The summed E-state index contributed by atoms with van der Waals surface area (Å²) in [7, 11) is 0. The zero-order valence-electron chi connectivity index (χ0n) is 11.6. The zero-order valence-corrected chi connectivity index (χ0v) is 12.4. The van der Waals surface area contributed by atoms with E-state index in [-0.39, 0.29) is 30.6 Å². The van der Waals surface area contributed by atoms with Gasteiger partial charge in [-0.3, -0.25) is 9.59 Å². The molecule has 1 aromatic carbocycles. The number of halogens is 1. The Morgan fingerprint density at radius 3 is 2.50 bits per heavy atom. The Labute approximate surface area is 125 Å². The molecule has 0 heterocycles. The highest BCUT2D eigenvalue weighted by Crippen LogP contribution is 2.04. The standard InChI is InChI=1S/C14H21N3O2.ClH/c1-2-6-12(15)14(19)16-10-9-13(18)17-11-7-4-3-5-8-11;/h3-5,7-8,12H,2,6,9-10,15H2,1H3,(H,16,19)(H,17,18);1H. The molecular weight excluding hydrogens is 278 g/mol. The number of hydrogen-bond acceptors (Lipinski definition) is 3. The number of para-hydroxylation sites is 1. The fraction of sp³-hybridized carbons (Fsp3) is 0.429. The molecule has 2 amide bonds. The van der Waals surface area contributed by atoms with Crippen LogP contribution in [0, 0.1) is 0 Å². The molecule has 5 nitrogen and oxygen atoms in total. The molecule has 0 aliphatic carbocycles. The molecule has 1 rings (SSSR count). The molecular formula is C14H22ClN3O2. The van der Waals surface area contributed by atoms with Gasteiger partial charge in [0.2, 0.25) is 11.8 Å². The third kappa shape index (κ3) is 7.11. The number of amides is 2. The van der Waals surface area contributed by atoms with Crippen LogP contribution in [0.5, 0.6) is 0 Å². The summed E-state index contributed by atoms with van der Waals surface area (Å²) in [4.78, 5) is 23.1. The maximum absolute atomic E-state index is 11.6. The Hall–Kier alpha value is -1.59. The van der Waals surface area contributed by atoms with E-state index in [0.29, 0.717) is 13.0 Å². The number of nitrogens with one attached hydrogen (secondary N) is 2. The monoisotopic (exact) mass is 299 g/mol. The summed E-state index contributed by atoms with van der Waals surface area (Å²) in [5.41, 5.74) is 6.41. The van der Waals surface area contributed by atoms with Crippen molar-refractivity contribution in [3.8, 4) is 0 Å². The second kappa shape index (κ2) is 10.2. The Morgan fingerprint density at radius 1 is 1.25 bits per heavy atom. The van der Waals surface area contributed by atoms with E-state index in [4.69, 9.17) is 5.73 Å². The van der Waals surface area contributed by atoms with Crippen LogP contribution in [0.15, 0.2) is 30.3 Å². The Morgan fingerprint density at radius 2 is 1.90 bits per heavy atom. The van der Waals surface area contributed by atoms with Crippen LogP contribution in [0.4, 0.5) is 5.69 Å². The summed E-state index contributed by atoms with van der Waals surface area (Å²) in [6.07, 6.45) is 1.75. The number of carbonyl (C=O) groups excluding carboxylic acids is 2. The van der Waals surface area contributed by atoms with Crippen molar-refractivity contribution in [2.24, 2.45) is 5.73 Å². The SMILES string of the molecule is CCCC(N)C(=O)NCCC(=O)Nc1ccccc1.Cl. The summed E-state index contributed by atoms with van der Waals surface area (Å²) in [5.74, 6) is -0.329. The van der Waals surface area contributed by atoms with Crippen molar-refractivity contribution in [3.05, 3.63) is 30.3 Å². The van der Waals surface area contributed by atoms with Gasteiger partial charge in [0.25, 0.3) is 0 Å².